The maximum absolute atomic E-state index is 13.4. The van der Waals surface area contributed by atoms with Gasteiger partial charge in [0.25, 0.3) is 5.91 Å². The van der Waals surface area contributed by atoms with Gasteiger partial charge in [-0.25, -0.2) is 4.39 Å². The number of methoxy groups -OCH3 is 1. The van der Waals surface area contributed by atoms with E-state index in [1.54, 1.807) is 0 Å². The summed E-state index contributed by atoms with van der Waals surface area (Å²) in [7, 11) is 1.40. The molecule has 2 aliphatic heterocycles. The van der Waals surface area contributed by atoms with Gasteiger partial charge in [-0.05, 0) is 37.5 Å². The number of hydrogen-bond donors (Lipinski definition) is 1. The molecule has 2 fully saturated rings. The summed E-state index contributed by atoms with van der Waals surface area (Å²) < 4.78 is 18.3. The van der Waals surface area contributed by atoms with E-state index in [1.807, 2.05) is 4.90 Å². The normalized spacial score (nSPS) is 24.2. The fraction of sp³-hybridized carbons (Fsp3) is 0.533. The number of nitrogens with zero attached hydrogens (tertiary/aromatic N) is 1. The summed E-state index contributed by atoms with van der Waals surface area (Å²) in [6, 6.07) is 5.23. The number of fused-ring (bicyclic) bond motifs is 2. The van der Waals surface area contributed by atoms with Gasteiger partial charge in [0.2, 0.25) is 0 Å². The van der Waals surface area contributed by atoms with Crippen LogP contribution in [0.2, 0.25) is 0 Å². The zero-order chi connectivity index (χ0) is 14.1. The monoisotopic (exact) mass is 314 g/mol. The Bertz CT molecular complexity index is 526. The summed E-state index contributed by atoms with van der Waals surface area (Å²) >= 11 is 0. The fourth-order valence-electron chi connectivity index (χ4n) is 3.10. The Morgan fingerprint density at radius 3 is 2.86 bits per heavy atom. The number of rotatable bonds is 2. The number of hydrogen-bond acceptors (Lipinski definition) is 3. The zero-order valence-electron chi connectivity index (χ0n) is 12.0. The molecule has 116 valence electrons. The number of amides is 1. The van der Waals surface area contributed by atoms with Crippen LogP contribution in [0.1, 0.15) is 29.6 Å². The van der Waals surface area contributed by atoms with Crippen LogP contribution < -0.4 is 10.1 Å². The van der Waals surface area contributed by atoms with Crippen molar-refractivity contribution in [1.29, 1.82) is 0 Å². The Morgan fingerprint density at radius 1 is 1.33 bits per heavy atom. The Balaban J connectivity index is 0.00000161. The number of halogens is 2. The summed E-state index contributed by atoms with van der Waals surface area (Å²) in [6.07, 6.45) is 3.32. The van der Waals surface area contributed by atoms with Gasteiger partial charge in [-0.15, -0.1) is 12.4 Å². The first-order chi connectivity index (χ1) is 9.67. The molecule has 1 aromatic rings. The second kappa shape index (κ2) is 6.62. The summed E-state index contributed by atoms with van der Waals surface area (Å²) in [6.45, 7) is 1.49. The van der Waals surface area contributed by atoms with Gasteiger partial charge in [0.15, 0.2) is 11.6 Å². The van der Waals surface area contributed by atoms with Crippen LogP contribution in [0.25, 0.3) is 0 Å². The van der Waals surface area contributed by atoms with Crippen molar-refractivity contribution in [2.75, 3.05) is 20.2 Å². The Kier molecular flexibility index (Phi) is 5.06. The highest BCUT2D eigenvalue weighted by Gasteiger charge is 2.31. The molecule has 2 heterocycles. The predicted octanol–water partition coefficient (Wildman–Crippen LogP) is 2.22. The first kappa shape index (κ1) is 16.0. The van der Waals surface area contributed by atoms with Crippen LogP contribution >= 0.6 is 12.4 Å². The van der Waals surface area contributed by atoms with Gasteiger partial charge in [0.1, 0.15) is 0 Å². The summed E-state index contributed by atoms with van der Waals surface area (Å²) in [5.74, 6) is -0.372. The topological polar surface area (TPSA) is 41.6 Å². The second-order valence-electron chi connectivity index (χ2n) is 5.53. The van der Waals surface area contributed by atoms with Crippen LogP contribution in [0.15, 0.2) is 18.2 Å². The molecule has 3 rings (SSSR count). The Hall–Kier alpha value is -1.33. The minimum Gasteiger partial charge on any atom is -0.494 e. The highest BCUT2D eigenvalue weighted by atomic mass is 35.5. The fourth-order valence-corrected chi connectivity index (χ4v) is 3.10. The SMILES string of the molecule is COc1cc(C(=O)N2CCC3CCC(C2)N3)ccc1F.Cl. The smallest absolute Gasteiger partial charge is 0.254 e. The molecule has 0 saturated carbocycles. The van der Waals surface area contributed by atoms with Crippen LogP contribution in [0.4, 0.5) is 4.39 Å². The third kappa shape index (κ3) is 3.30. The van der Waals surface area contributed by atoms with Crippen molar-refractivity contribution in [2.45, 2.75) is 31.3 Å². The van der Waals surface area contributed by atoms with Crippen molar-refractivity contribution < 1.29 is 13.9 Å². The van der Waals surface area contributed by atoms with Crippen LogP contribution in [0.5, 0.6) is 5.75 Å². The summed E-state index contributed by atoms with van der Waals surface area (Å²) in [5.41, 5.74) is 0.487. The third-order valence-corrected chi connectivity index (χ3v) is 4.21. The van der Waals surface area contributed by atoms with E-state index in [-0.39, 0.29) is 24.1 Å². The Labute approximate surface area is 130 Å². The largest absolute Gasteiger partial charge is 0.494 e. The highest BCUT2D eigenvalue weighted by Crippen LogP contribution is 2.23. The summed E-state index contributed by atoms with van der Waals surface area (Å²) in [5, 5.41) is 3.54. The van der Waals surface area contributed by atoms with E-state index < -0.39 is 5.82 Å². The molecule has 2 saturated heterocycles. The lowest BCUT2D eigenvalue weighted by atomic mass is 10.1. The third-order valence-electron chi connectivity index (χ3n) is 4.21. The van der Waals surface area contributed by atoms with Crippen LogP contribution in [0.3, 0.4) is 0 Å². The number of benzene rings is 1. The molecule has 4 nitrogen and oxygen atoms in total. The number of carbonyl (C=O) groups is 1. The first-order valence-corrected chi connectivity index (χ1v) is 7.06. The van der Waals surface area contributed by atoms with Gasteiger partial charge >= 0.3 is 0 Å². The van der Waals surface area contributed by atoms with Crippen molar-refractivity contribution in [1.82, 2.24) is 10.2 Å². The van der Waals surface area contributed by atoms with Gasteiger partial charge in [-0.3, -0.25) is 4.79 Å². The molecule has 0 aromatic heterocycles. The number of carbonyl (C=O) groups excluding carboxylic acids is 1. The summed E-state index contributed by atoms with van der Waals surface area (Å²) in [4.78, 5) is 14.4. The van der Waals surface area contributed by atoms with Crippen LogP contribution in [-0.2, 0) is 0 Å². The molecule has 0 radical (unpaired) electrons. The van der Waals surface area contributed by atoms with Gasteiger partial charge < -0.3 is 15.0 Å². The maximum Gasteiger partial charge on any atom is 0.254 e. The molecule has 0 aliphatic carbocycles. The standard InChI is InChI=1S/C15H19FN2O2.ClH/c1-20-14-8-10(2-5-13(14)16)15(19)18-7-6-11-3-4-12(9-18)17-11;/h2,5,8,11-12,17H,3-4,6-7,9H2,1H3;1H. The van der Waals surface area contributed by atoms with E-state index in [1.165, 1.54) is 31.7 Å². The number of ether oxygens (including phenoxy) is 1. The maximum atomic E-state index is 13.4. The van der Waals surface area contributed by atoms with Gasteiger partial charge in [0, 0.05) is 30.7 Å². The number of nitrogens with one attached hydrogen (secondary N) is 1. The van der Waals surface area contributed by atoms with E-state index in [9.17, 15) is 9.18 Å². The average Bonchev–Trinajstić information content (AvgIpc) is 2.78. The van der Waals surface area contributed by atoms with E-state index in [0.717, 1.165) is 25.9 Å². The molecule has 2 atom stereocenters. The quantitative estimate of drug-likeness (QED) is 0.910. The van der Waals surface area contributed by atoms with E-state index in [0.29, 0.717) is 17.6 Å². The van der Waals surface area contributed by atoms with Crippen molar-refractivity contribution in [3.63, 3.8) is 0 Å². The second-order valence-corrected chi connectivity index (χ2v) is 5.53. The first-order valence-electron chi connectivity index (χ1n) is 7.06. The zero-order valence-corrected chi connectivity index (χ0v) is 12.8. The molecule has 0 spiro atoms. The molecule has 1 amide bonds. The van der Waals surface area contributed by atoms with Crippen molar-refractivity contribution >= 4 is 18.3 Å². The minimum absolute atomic E-state index is 0. The average molecular weight is 315 g/mol. The lowest BCUT2D eigenvalue weighted by Gasteiger charge is -2.24. The molecule has 1 N–H and O–H groups in total. The molecule has 21 heavy (non-hydrogen) atoms. The van der Waals surface area contributed by atoms with Crippen LogP contribution in [-0.4, -0.2) is 43.1 Å². The van der Waals surface area contributed by atoms with Crippen molar-refractivity contribution in [2.24, 2.45) is 0 Å². The van der Waals surface area contributed by atoms with Crippen LogP contribution in [0, 0.1) is 5.82 Å². The molecule has 6 heteroatoms. The minimum atomic E-state index is -0.444. The van der Waals surface area contributed by atoms with Crippen molar-refractivity contribution in [3.05, 3.63) is 29.6 Å². The molecular formula is C15H20ClFN2O2. The lowest BCUT2D eigenvalue weighted by molar-refractivity contribution is 0.0747. The van der Waals surface area contributed by atoms with E-state index >= 15 is 0 Å². The molecular weight excluding hydrogens is 295 g/mol. The molecule has 1 aromatic carbocycles. The molecule has 2 aliphatic rings. The molecule has 2 unspecified atom stereocenters. The van der Waals surface area contributed by atoms with E-state index in [2.05, 4.69) is 5.32 Å². The van der Waals surface area contributed by atoms with E-state index in [4.69, 9.17) is 4.74 Å². The molecule has 2 bridgehead atoms. The van der Waals surface area contributed by atoms with Gasteiger partial charge in [-0.1, -0.05) is 0 Å². The van der Waals surface area contributed by atoms with Crippen molar-refractivity contribution in [3.8, 4) is 5.75 Å². The van der Waals surface area contributed by atoms with Gasteiger partial charge in [-0.2, -0.15) is 0 Å². The van der Waals surface area contributed by atoms with Gasteiger partial charge in [0.05, 0.1) is 7.11 Å². The Morgan fingerprint density at radius 2 is 2.10 bits per heavy atom. The highest BCUT2D eigenvalue weighted by molar-refractivity contribution is 5.94. The predicted molar refractivity (Wildman–Crippen MR) is 80.7 cm³/mol. The lowest BCUT2D eigenvalue weighted by Crippen LogP contribution is -2.39. The number of likely N-dealkylation sites (tertiary alicyclic amines) is 1.